The largest absolute Gasteiger partial charge is 0.451 e. The van der Waals surface area contributed by atoms with Crippen LogP contribution in [0.1, 0.15) is 28.4 Å². The van der Waals surface area contributed by atoms with Crippen molar-refractivity contribution in [3.05, 3.63) is 65.2 Å². The summed E-state index contributed by atoms with van der Waals surface area (Å²) < 4.78 is 5.07. The molecule has 3 rings (SSSR count). The molecule has 8 nitrogen and oxygen atoms in total. The molecule has 0 aromatic heterocycles. The summed E-state index contributed by atoms with van der Waals surface area (Å²) in [7, 11) is 0. The van der Waals surface area contributed by atoms with Crippen LogP contribution in [0.4, 0.5) is 5.69 Å². The van der Waals surface area contributed by atoms with Crippen molar-refractivity contribution in [1.82, 2.24) is 4.90 Å². The maximum atomic E-state index is 12.5. The number of carbonyl (C=O) groups excluding carboxylic acids is 4. The minimum absolute atomic E-state index is 0.0178. The Hall–Kier alpha value is -3.99. The topological polar surface area (TPSA) is 117 Å². The zero-order valence-electron chi connectivity index (χ0n) is 15.5. The molecule has 0 saturated carbocycles. The second kappa shape index (κ2) is 8.35. The first-order valence-corrected chi connectivity index (χ1v) is 8.82. The zero-order valence-corrected chi connectivity index (χ0v) is 15.5. The van der Waals surface area contributed by atoms with Crippen LogP contribution in [-0.4, -0.2) is 41.2 Å². The molecule has 8 heteroatoms. The molecular formula is C21H17N3O5. The summed E-state index contributed by atoms with van der Waals surface area (Å²) in [4.78, 5) is 49.9. The molecule has 2 aromatic carbocycles. The van der Waals surface area contributed by atoms with Crippen molar-refractivity contribution < 1.29 is 23.9 Å². The molecule has 29 heavy (non-hydrogen) atoms. The van der Waals surface area contributed by atoms with Gasteiger partial charge in [-0.25, -0.2) is 0 Å². The van der Waals surface area contributed by atoms with Crippen LogP contribution in [-0.2, 0) is 25.5 Å². The number of rotatable bonds is 5. The average molecular weight is 391 g/mol. The Labute approximate surface area is 166 Å². The first-order chi connectivity index (χ1) is 13.9. The van der Waals surface area contributed by atoms with Crippen molar-refractivity contribution >= 4 is 29.4 Å². The summed E-state index contributed by atoms with van der Waals surface area (Å²) in [6.07, 6.45) is -1.12. The molecule has 0 unspecified atom stereocenters. The van der Waals surface area contributed by atoms with Gasteiger partial charge in [-0.2, -0.15) is 5.26 Å². The number of hydrogen-bond acceptors (Lipinski definition) is 6. The SMILES string of the molecule is C[C@@H](OC(=O)CN1C(=O)Cc2ccccc2C1=O)C(=O)Nc1ccc(C#N)cc1. The fourth-order valence-corrected chi connectivity index (χ4v) is 2.85. The molecule has 1 heterocycles. The molecule has 0 spiro atoms. The van der Waals surface area contributed by atoms with Gasteiger partial charge in [-0.15, -0.1) is 0 Å². The van der Waals surface area contributed by atoms with Crippen LogP contribution in [0.15, 0.2) is 48.5 Å². The van der Waals surface area contributed by atoms with E-state index in [9.17, 15) is 19.2 Å². The molecule has 0 bridgehead atoms. The number of nitrogens with zero attached hydrogens (tertiary/aromatic N) is 2. The Kier molecular flexibility index (Phi) is 5.69. The van der Waals surface area contributed by atoms with Crippen LogP contribution in [0.3, 0.4) is 0 Å². The Bertz CT molecular complexity index is 1020. The Morgan fingerprint density at radius 2 is 1.86 bits per heavy atom. The van der Waals surface area contributed by atoms with E-state index >= 15 is 0 Å². The van der Waals surface area contributed by atoms with E-state index in [1.165, 1.54) is 19.1 Å². The summed E-state index contributed by atoms with van der Waals surface area (Å²) >= 11 is 0. The molecule has 2 aromatic rings. The third-order valence-electron chi connectivity index (χ3n) is 4.38. The van der Waals surface area contributed by atoms with Gasteiger partial charge in [-0.1, -0.05) is 18.2 Å². The first kappa shape index (κ1) is 19.8. The van der Waals surface area contributed by atoms with Crippen LogP contribution >= 0.6 is 0 Å². The number of imide groups is 1. The van der Waals surface area contributed by atoms with E-state index in [1.807, 2.05) is 6.07 Å². The van der Waals surface area contributed by atoms with Crippen LogP contribution in [0.25, 0.3) is 0 Å². The minimum Gasteiger partial charge on any atom is -0.451 e. The average Bonchev–Trinajstić information content (AvgIpc) is 2.71. The molecule has 0 fully saturated rings. The predicted molar refractivity (Wildman–Crippen MR) is 102 cm³/mol. The van der Waals surface area contributed by atoms with E-state index in [-0.39, 0.29) is 6.42 Å². The molecule has 1 N–H and O–H groups in total. The molecule has 146 valence electrons. The number of amides is 3. The highest BCUT2D eigenvalue weighted by atomic mass is 16.5. The van der Waals surface area contributed by atoms with Gasteiger partial charge in [0.15, 0.2) is 6.10 Å². The van der Waals surface area contributed by atoms with Gasteiger partial charge < -0.3 is 10.1 Å². The van der Waals surface area contributed by atoms with Gasteiger partial charge in [-0.05, 0) is 42.8 Å². The lowest BCUT2D eigenvalue weighted by molar-refractivity contribution is -0.155. The van der Waals surface area contributed by atoms with Gasteiger partial charge >= 0.3 is 5.97 Å². The fraction of sp³-hybridized carbons (Fsp3) is 0.190. The first-order valence-electron chi connectivity index (χ1n) is 8.82. The number of ether oxygens (including phenoxy) is 1. The second-order valence-corrected chi connectivity index (χ2v) is 6.43. The lowest BCUT2D eigenvalue weighted by Crippen LogP contribution is -2.46. The number of hydrogen-bond donors (Lipinski definition) is 1. The summed E-state index contributed by atoms with van der Waals surface area (Å²) in [6.45, 7) is 0.812. The van der Waals surface area contributed by atoms with Crippen molar-refractivity contribution in [3.63, 3.8) is 0 Å². The van der Waals surface area contributed by atoms with E-state index in [1.54, 1.807) is 36.4 Å². The maximum Gasteiger partial charge on any atom is 0.326 e. The Morgan fingerprint density at radius 3 is 2.55 bits per heavy atom. The van der Waals surface area contributed by atoms with Crippen molar-refractivity contribution in [2.24, 2.45) is 0 Å². The van der Waals surface area contributed by atoms with E-state index < -0.39 is 36.3 Å². The highest BCUT2D eigenvalue weighted by Gasteiger charge is 2.33. The molecule has 1 atom stereocenters. The Morgan fingerprint density at radius 1 is 1.17 bits per heavy atom. The molecular weight excluding hydrogens is 374 g/mol. The Balaban J connectivity index is 1.58. The molecule has 3 amide bonds. The molecule has 1 aliphatic rings. The summed E-state index contributed by atoms with van der Waals surface area (Å²) in [6, 6.07) is 14.8. The summed E-state index contributed by atoms with van der Waals surface area (Å²) in [5.74, 6) is -2.51. The smallest absolute Gasteiger partial charge is 0.326 e. The van der Waals surface area contributed by atoms with Gasteiger partial charge in [0, 0.05) is 11.3 Å². The molecule has 0 saturated heterocycles. The lowest BCUT2D eigenvalue weighted by atomic mass is 9.98. The number of benzene rings is 2. The van der Waals surface area contributed by atoms with Crippen molar-refractivity contribution in [2.75, 3.05) is 11.9 Å². The predicted octanol–water partition coefficient (Wildman–Crippen LogP) is 1.65. The number of fused-ring (bicyclic) bond motifs is 1. The van der Waals surface area contributed by atoms with Crippen LogP contribution in [0.5, 0.6) is 0 Å². The van der Waals surface area contributed by atoms with Crippen LogP contribution in [0.2, 0.25) is 0 Å². The third-order valence-corrected chi connectivity index (χ3v) is 4.38. The third kappa shape index (κ3) is 4.47. The standard InChI is InChI=1S/C21H17N3O5/c1-13(20(27)23-16-8-6-14(11-22)7-9-16)29-19(26)12-24-18(25)10-15-4-2-3-5-17(15)21(24)28/h2-9,13H,10,12H2,1H3,(H,23,27)/t13-/m1/s1. The second-order valence-electron chi connectivity index (χ2n) is 6.43. The monoisotopic (exact) mass is 391 g/mol. The number of esters is 1. The van der Waals surface area contributed by atoms with Gasteiger partial charge in [0.05, 0.1) is 18.1 Å². The van der Waals surface area contributed by atoms with Gasteiger partial charge in [-0.3, -0.25) is 24.1 Å². The van der Waals surface area contributed by atoms with Crippen molar-refractivity contribution in [1.29, 1.82) is 5.26 Å². The van der Waals surface area contributed by atoms with Gasteiger partial charge in [0.2, 0.25) is 5.91 Å². The normalized spacial score (nSPS) is 13.9. The van der Waals surface area contributed by atoms with Crippen LogP contribution in [0, 0.1) is 11.3 Å². The van der Waals surface area contributed by atoms with Crippen molar-refractivity contribution in [3.8, 4) is 6.07 Å². The fourth-order valence-electron chi connectivity index (χ4n) is 2.85. The minimum atomic E-state index is -1.14. The van der Waals surface area contributed by atoms with Gasteiger partial charge in [0.1, 0.15) is 6.54 Å². The lowest BCUT2D eigenvalue weighted by Gasteiger charge is -2.26. The van der Waals surface area contributed by atoms with E-state index in [0.29, 0.717) is 22.4 Å². The van der Waals surface area contributed by atoms with Gasteiger partial charge in [0.25, 0.3) is 11.8 Å². The number of nitrogens with one attached hydrogen (secondary N) is 1. The summed E-state index contributed by atoms with van der Waals surface area (Å²) in [5.41, 5.74) is 1.86. The molecule has 0 aliphatic carbocycles. The van der Waals surface area contributed by atoms with E-state index in [2.05, 4.69) is 5.32 Å². The van der Waals surface area contributed by atoms with E-state index in [0.717, 1.165) is 4.90 Å². The maximum absolute atomic E-state index is 12.5. The quantitative estimate of drug-likeness (QED) is 0.612. The number of anilines is 1. The highest BCUT2D eigenvalue weighted by Crippen LogP contribution is 2.19. The molecule has 1 aliphatic heterocycles. The number of nitriles is 1. The summed E-state index contributed by atoms with van der Waals surface area (Å²) in [5, 5.41) is 11.3. The highest BCUT2D eigenvalue weighted by molar-refractivity contribution is 6.11. The molecule has 0 radical (unpaired) electrons. The van der Waals surface area contributed by atoms with Crippen molar-refractivity contribution in [2.45, 2.75) is 19.4 Å². The zero-order chi connectivity index (χ0) is 21.0. The van der Waals surface area contributed by atoms with E-state index in [4.69, 9.17) is 10.00 Å². The number of carbonyl (C=O) groups is 4. The van der Waals surface area contributed by atoms with Crippen LogP contribution < -0.4 is 5.32 Å².